The molecule has 0 aliphatic heterocycles. The van der Waals surface area contributed by atoms with E-state index in [0.717, 1.165) is 70.6 Å². The first-order chi connectivity index (χ1) is 39.5. The van der Waals surface area contributed by atoms with Crippen LogP contribution < -0.4 is 0 Å². The molecule has 1 unspecified atom stereocenters. The van der Waals surface area contributed by atoms with Gasteiger partial charge in [0.25, 0.3) is 0 Å². The van der Waals surface area contributed by atoms with E-state index in [2.05, 4.69) is 57.2 Å². The van der Waals surface area contributed by atoms with Gasteiger partial charge in [0, 0.05) is 19.3 Å². The van der Waals surface area contributed by atoms with Crippen LogP contribution in [0.3, 0.4) is 0 Å². The second-order valence-electron chi connectivity index (χ2n) is 24.5. The third-order valence-corrected chi connectivity index (χ3v) is 16.4. The monoisotopic (exact) mass is 1120 g/mol. The molecule has 6 heteroatoms. The zero-order valence-electron chi connectivity index (χ0n) is 54.1. The molecule has 0 heterocycles. The first-order valence-electron chi connectivity index (χ1n) is 36.0. The fourth-order valence-electron chi connectivity index (χ4n) is 11.0. The number of hydrogen-bond acceptors (Lipinski definition) is 6. The Morgan fingerprint density at radius 1 is 0.250 bits per heavy atom. The minimum absolute atomic E-state index is 0.0659. The van der Waals surface area contributed by atoms with Crippen molar-refractivity contribution in [3.05, 3.63) is 36.5 Å². The van der Waals surface area contributed by atoms with Crippen molar-refractivity contribution in [3.63, 3.8) is 0 Å². The van der Waals surface area contributed by atoms with Gasteiger partial charge in [-0.3, -0.25) is 14.4 Å². The zero-order valence-corrected chi connectivity index (χ0v) is 54.1. The third-order valence-electron chi connectivity index (χ3n) is 16.4. The van der Waals surface area contributed by atoms with Crippen molar-refractivity contribution in [1.82, 2.24) is 0 Å². The number of carbonyl (C=O) groups is 3. The van der Waals surface area contributed by atoms with Crippen LogP contribution in [0.25, 0.3) is 0 Å². The lowest BCUT2D eigenvalue weighted by Crippen LogP contribution is -2.30. The van der Waals surface area contributed by atoms with Crippen LogP contribution in [-0.4, -0.2) is 37.2 Å². The number of rotatable bonds is 67. The Bertz CT molecular complexity index is 1340. The van der Waals surface area contributed by atoms with Gasteiger partial charge in [0.15, 0.2) is 6.10 Å². The van der Waals surface area contributed by atoms with Gasteiger partial charge in [0.05, 0.1) is 0 Å². The van der Waals surface area contributed by atoms with Gasteiger partial charge in [-0.25, -0.2) is 0 Å². The minimum atomic E-state index is -0.770. The molecule has 0 aromatic heterocycles. The highest BCUT2D eigenvalue weighted by atomic mass is 16.6. The highest BCUT2D eigenvalue weighted by molar-refractivity contribution is 5.71. The molecule has 80 heavy (non-hydrogen) atoms. The molecular weight excluding hydrogens is 985 g/mol. The van der Waals surface area contributed by atoms with Crippen molar-refractivity contribution >= 4 is 17.9 Å². The summed E-state index contributed by atoms with van der Waals surface area (Å²) in [7, 11) is 0. The second kappa shape index (κ2) is 69.1. The summed E-state index contributed by atoms with van der Waals surface area (Å²) in [6, 6.07) is 0. The molecule has 1 atom stereocenters. The summed E-state index contributed by atoms with van der Waals surface area (Å²) < 4.78 is 17.0. The Morgan fingerprint density at radius 3 is 0.700 bits per heavy atom. The van der Waals surface area contributed by atoms with Gasteiger partial charge in [-0.2, -0.15) is 0 Å². The number of unbranched alkanes of at least 4 members (excludes halogenated alkanes) is 50. The number of allylic oxidation sites excluding steroid dienone is 6. The predicted octanol–water partition coefficient (Wildman–Crippen LogP) is 24.7. The van der Waals surface area contributed by atoms with E-state index in [9.17, 15) is 14.4 Å². The Hall–Kier alpha value is -2.37. The summed E-state index contributed by atoms with van der Waals surface area (Å²) in [6.07, 6.45) is 86.0. The van der Waals surface area contributed by atoms with Crippen LogP contribution >= 0.6 is 0 Å². The van der Waals surface area contributed by atoms with Crippen LogP contribution in [0.15, 0.2) is 36.5 Å². The number of ether oxygens (including phenoxy) is 3. The number of carbonyl (C=O) groups excluding carboxylic acids is 3. The Labute approximate surface area is 499 Å². The van der Waals surface area contributed by atoms with Crippen LogP contribution in [0.2, 0.25) is 0 Å². The van der Waals surface area contributed by atoms with E-state index in [1.807, 2.05) is 0 Å². The van der Waals surface area contributed by atoms with Crippen molar-refractivity contribution in [2.75, 3.05) is 13.2 Å². The molecule has 0 fully saturated rings. The van der Waals surface area contributed by atoms with E-state index < -0.39 is 6.10 Å². The van der Waals surface area contributed by atoms with E-state index >= 15 is 0 Å². The SMILES string of the molecule is CCCCCCC/C=C\C/C=C\C/C=C\CCCCCCCCCCCCCCC(=O)OCC(COC(=O)CCCCCCCCCCCCCCC)OC(=O)CCCCCCCCCCCCCCCCCCCCCCCC. The average molecular weight is 1120 g/mol. The van der Waals surface area contributed by atoms with Crippen molar-refractivity contribution in [3.8, 4) is 0 Å². The Kier molecular flexibility index (Phi) is 67.1. The predicted molar refractivity (Wildman–Crippen MR) is 349 cm³/mol. The van der Waals surface area contributed by atoms with E-state index in [0.29, 0.717) is 19.3 Å². The molecule has 0 rings (SSSR count). The lowest BCUT2D eigenvalue weighted by molar-refractivity contribution is -0.167. The van der Waals surface area contributed by atoms with Gasteiger partial charge < -0.3 is 14.2 Å². The maximum absolute atomic E-state index is 13.0. The molecule has 0 saturated heterocycles. The summed E-state index contributed by atoms with van der Waals surface area (Å²) in [6.45, 7) is 6.71. The van der Waals surface area contributed by atoms with Gasteiger partial charge in [-0.1, -0.05) is 359 Å². The average Bonchev–Trinajstić information content (AvgIpc) is 3.46. The lowest BCUT2D eigenvalue weighted by Gasteiger charge is -2.18. The topological polar surface area (TPSA) is 78.9 Å². The normalized spacial score (nSPS) is 12.2. The molecule has 0 bridgehead atoms. The van der Waals surface area contributed by atoms with Crippen LogP contribution in [0.5, 0.6) is 0 Å². The second-order valence-corrected chi connectivity index (χ2v) is 24.5. The third kappa shape index (κ3) is 66.4. The van der Waals surface area contributed by atoms with E-state index in [1.165, 1.54) is 289 Å². The first-order valence-corrected chi connectivity index (χ1v) is 36.0. The van der Waals surface area contributed by atoms with Crippen LogP contribution in [0.4, 0.5) is 0 Å². The van der Waals surface area contributed by atoms with Crippen LogP contribution in [0, 0.1) is 0 Å². The molecule has 0 N–H and O–H groups in total. The van der Waals surface area contributed by atoms with Crippen molar-refractivity contribution in [2.24, 2.45) is 0 Å². The molecule has 0 aromatic rings. The molecule has 0 aromatic carbocycles. The van der Waals surface area contributed by atoms with E-state index in [-0.39, 0.29) is 31.1 Å². The summed E-state index contributed by atoms with van der Waals surface area (Å²) >= 11 is 0. The van der Waals surface area contributed by atoms with Crippen LogP contribution in [0.1, 0.15) is 400 Å². The maximum Gasteiger partial charge on any atom is 0.306 e. The van der Waals surface area contributed by atoms with Crippen LogP contribution in [-0.2, 0) is 28.6 Å². The highest BCUT2D eigenvalue weighted by Crippen LogP contribution is 2.19. The molecule has 6 nitrogen and oxygen atoms in total. The molecule has 0 spiro atoms. The van der Waals surface area contributed by atoms with Crippen molar-refractivity contribution < 1.29 is 28.6 Å². The molecule has 0 aliphatic rings. The molecule has 0 saturated carbocycles. The molecule has 0 amide bonds. The smallest absolute Gasteiger partial charge is 0.306 e. The van der Waals surface area contributed by atoms with Gasteiger partial charge in [0.1, 0.15) is 13.2 Å². The quantitative estimate of drug-likeness (QED) is 0.0261. The molecule has 470 valence electrons. The summed E-state index contributed by atoms with van der Waals surface area (Å²) in [5, 5.41) is 0. The van der Waals surface area contributed by atoms with E-state index in [1.54, 1.807) is 0 Å². The number of esters is 3. The summed E-state index contributed by atoms with van der Waals surface area (Å²) in [5.41, 5.74) is 0. The fourth-order valence-corrected chi connectivity index (χ4v) is 11.0. The molecule has 0 aliphatic carbocycles. The Balaban J connectivity index is 4.22. The fraction of sp³-hybridized carbons (Fsp3) is 0.878. The number of hydrogen-bond donors (Lipinski definition) is 0. The van der Waals surface area contributed by atoms with Gasteiger partial charge >= 0.3 is 17.9 Å². The molecule has 0 radical (unpaired) electrons. The minimum Gasteiger partial charge on any atom is -0.462 e. The largest absolute Gasteiger partial charge is 0.462 e. The molecular formula is C74H138O6. The zero-order chi connectivity index (χ0) is 57.8. The van der Waals surface area contributed by atoms with Gasteiger partial charge in [0.2, 0.25) is 0 Å². The van der Waals surface area contributed by atoms with Crippen molar-refractivity contribution in [1.29, 1.82) is 0 Å². The van der Waals surface area contributed by atoms with Gasteiger partial charge in [-0.15, -0.1) is 0 Å². The maximum atomic E-state index is 13.0. The van der Waals surface area contributed by atoms with E-state index in [4.69, 9.17) is 14.2 Å². The standard InChI is InChI=1S/C74H138O6/c1-4-7-10-13-16-19-22-25-27-29-31-33-35-36-37-38-39-41-42-44-46-49-52-55-58-61-64-67-73(76)79-70-71(69-78-72(75)66-63-60-57-54-51-48-24-21-18-15-12-9-6-3)80-74(77)68-65-62-59-56-53-50-47-45-43-40-34-32-30-28-26-23-20-17-14-11-8-5-2/h22,25,29,31,35-36,71H,4-21,23-24,26-28,30,32-34,37-70H2,1-3H3/b25-22-,31-29-,36-35-. The van der Waals surface area contributed by atoms with Gasteiger partial charge in [-0.05, 0) is 57.8 Å². The highest BCUT2D eigenvalue weighted by Gasteiger charge is 2.19. The van der Waals surface area contributed by atoms with Crippen molar-refractivity contribution in [2.45, 2.75) is 406 Å². The summed E-state index contributed by atoms with van der Waals surface area (Å²) in [4.78, 5) is 38.4. The Morgan fingerprint density at radius 2 is 0.450 bits per heavy atom. The summed E-state index contributed by atoms with van der Waals surface area (Å²) in [5.74, 6) is -0.836. The lowest BCUT2D eigenvalue weighted by atomic mass is 10.0. The first kappa shape index (κ1) is 77.6.